The molecule has 4 aromatic rings. The number of nitriles is 1. The van der Waals surface area contributed by atoms with Gasteiger partial charge in [0.25, 0.3) is 0 Å². The standard InChI is InChI=1S/C46H59N9O5/c1-7-29-24-32-33(46(5,6)40-38(39(32)57)31-15-14-28(26-47)23-35(31)52-40)25-36(29)54-18-20-55(21-19-54)37(56)27-60-22-10-17-51-44(59)41(45(2,3)4)53-43(58)34(48)13-8-11-30-12-9-16-50-42(30)49/h9,12,14-16,23-25,34,41,52H,7-8,10-11,13,17-22,27,48H2,1-6H3,(H2,49,50)(H,51,59)(H,53,58)/t34-,41+/m0/s1. The molecule has 2 atom stereocenters. The van der Waals surface area contributed by atoms with Gasteiger partial charge in [-0.1, -0.05) is 53.7 Å². The summed E-state index contributed by atoms with van der Waals surface area (Å²) in [5.41, 5.74) is 18.7. The van der Waals surface area contributed by atoms with Crippen LogP contribution in [0.25, 0.3) is 10.9 Å². The third-order valence-electron chi connectivity index (χ3n) is 11.9. The number of hydrogen-bond acceptors (Lipinski definition) is 10. The Hall–Kier alpha value is -5.78. The summed E-state index contributed by atoms with van der Waals surface area (Å²) in [6.07, 6.45) is 4.61. The summed E-state index contributed by atoms with van der Waals surface area (Å²) in [5, 5.41) is 16.0. The predicted octanol–water partition coefficient (Wildman–Crippen LogP) is 4.50. The smallest absolute Gasteiger partial charge is 0.248 e. The number of hydrogen-bond donors (Lipinski definition) is 5. The molecule has 2 aliphatic rings. The molecule has 3 heterocycles. The number of aryl methyl sites for hydroxylation is 2. The molecule has 2 aromatic heterocycles. The molecule has 1 saturated heterocycles. The number of nitrogens with zero attached hydrogens (tertiary/aromatic N) is 4. The fourth-order valence-corrected chi connectivity index (χ4v) is 8.32. The van der Waals surface area contributed by atoms with Crippen molar-refractivity contribution in [1.82, 2.24) is 25.5 Å². The van der Waals surface area contributed by atoms with Crippen molar-refractivity contribution >= 4 is 45.9 Å². The van der Waals surface area contributed by atoms with Crippen LogP contribution in [-0.4, -0.2) is 96.4 Å². The van der Waals surface area contributed by atoms with Gasteiger partial charge in [-0.2, -0.15) is 5.26 Å². The van der Waals surface area contributed by atoms with Crippen molar-refractivity contribution in [3.05, 3.63) is 87.7 Å². The van der Waals surface area contributed by atoms with Gasteiger partial charge in [-0.15, -0.1) is 0 Å². The van der Waals surface area contributed by atoms with Crippen LogP contribution in [0, 0.1) is 16.7 Å². The number of nitrogen functional groups attached to an aromatic ring is 1. The number of nitrogens with two attached hydrogens (primary N) is 2. The van der Waals surface area contributed by atoms with Crippen molar-refractivity contribution in [2.45, 2.75) is 91.1 Å². The van der Waals surface area contributed by atoms with E-state index in [1.807, 2.05) is 49.9 Å². The van der Waals surface area contributed by atoms with Crippen molar-refractivity contribution in [1.29, 1.82) is 5.26 Å². The van der Waals surface area contributed by atoms with Gasteiger partial charge in [-0.25, -0.2) is 4.98 Å². The first-order chi connectivity index (χ1) is 28.5. The van der Waals surface area contributed by atoms with E-state index < -0.39 is 22.9 Å². The molecular formula is C46H59N9O5. The van der Waals surface area contributed by atoms with Crippen molar-refractivity contribution in [3.8, 4) is 6.07 Å². The van der Waals surface area contributed by atoms with Gasteiger partial charge in [0.1, 0.15) is 18.5 Å². The lowest BCUT2D eigenvalue weighted by atomic mass is 9.70. The molecule has 3 amide bonds. The topological polar surface area (TPSA) is 213 Å². The number of amides is 3. The van der Waals surface area contributed by atoms with E-state index in [0.717, 1.165) is 45.4 Å². The summed E-state index contributed by atoms with van der Waals surface area (Å²) in [6.45, 7) is 14.9. The molecule has 60 heavy (non-hydrogen) atoms. The molecule has 2 aromatic carbocycles. The minimum absolute atomic E-state index is 0.0102. The molecule has 1 fully saturated rings. The Kier molecular flexibility index (Phi) is 13.3. The van der Waals surface area contributed by atoms with Crippen LogP contribution < -0.4 is 27.0 Å². The molecule has 14 nitrogen and oxygen atoms in total. The van der Waals surface area contributed by atoms with Crippen molar-refractivity contribution in [2.75, 3.05) is 56.6 Å². The van der Waals surface area contributed by atoms with Crippen LogP contribution in [0.1, 0.15) is 105 Å². The first-order valence-electron chi connectivity index (χ1n) is 21.0. The summed E-state index contributed by atoms with van der Waals surface area (Å²) in [5.74, 6) is -0.326. The summed E-state index contributed by atoms with van der Waals surface area (Å²) in [7, 11) is 0. The number of ketones is 1. The normalized spacial score (nSPS) is 15.8. The third kappa shape index (κ3) is 9.32. The molecule has 0 unspecified atom stereocenters. The Morgan fingerprint density at radius 1 is 1.05 bits per heavy atom. The number of fused-ring (bicyclic) bond motifs is 4. The summed E-state index contributed by atoms with van der Waals surface area (Å²) >= 11 is 0. The maximum atomic E-state index is 14.1. The minimum Gasteiger partial charge on any atom is -0.383 e. The molecule has 1 aliphatic heterocycles. The number of aromatic amines is 1. The zero-order chi connectivity index (χ0) is 43.4. The second-order valence-corrected chi connectivity index (χ2v) is 17.5. The van der Waals surface area contributed by atoms with E-state index in [1.54, 1.807) is 18.3 Å². The van der Waals surface area contributed by atoms with Crippen molar-refractivity contribution < 1.29 is 23.9 Å². The van der Waals surface area contributed by atoms with E-state index in [9.17, 15) is 24.4 Å². The Labute approximate surface area is 352 Å². The molecule has 0 bridgehead atoms. The molecule has 318 valence electrons. The van der Waals surface area contributed by atoms with E-state index >= 15 is 0 Å². The lowest BCUT2D eigenvalue weighted by molar-refractivity contribution is -0.136. The van der Waals surface area contributed by atoms with Crippen LogP contribution >= 0.6 is 0 Å². The highest BCUT2D eigenvalue weighted by Crippen LogP contribution is 2.46. The molecule has 1 aliphatic carbocycles. The number of nitrogens with one attached hydrogen (secondary N) is 3. The fourth-order valence-electron chi connectivity index (χ4n) is 8.32. The van der Waals surface area contributed by atoms with E-state index in [0.29, 0.717) is 80.9 Å². The lowest BCUT2D eigenvalue weighted by Crippen LogP contribution is -2.56. The maximum Gasteiger partial charge on any atom is 0.248 e. The highest BCUT2D eigenvalue weighted by molar-refractivity contribution is 6.20. The van der Waals surface area contributed by atoms with Gasteiger partial charge in [-0.05, 0) is 84.5 Å². The first-order valence-corrected chi connectivity index (χ1v) is 21.0. The van der Waals surface area contributed by atoms with Crippen molar-refractivity contribution in [2.24, 2.45) is 11.1 Å². The molecule has 0 saturated carbocycles. The van der Waals surface area contributed by atoms with Gasteiger partial charge in [0.15, 0.2) is 5.78 Å². The maximum absolute atomic E-state index is 14.1. The number of ether oxygens (including phenoxy) is 1. The zero-order valence-electron chi connectivity index (χ0n) is 35.7. The van der Waals surface area contributed by atoms with Crippen LogP contribution in [0.15, 0.2) is 48.7 Å². The number of anilines is 2. The Morgan fingerprint density at radius 2 is 1.80 bits per heavy atom. The monoisotopic (exact) mass is 817 g/mol. The van der Waals surface area contributed by atoms with Gasteiger partial charge in [0.05, 0.1) is 23.2 Å². The zero-order valence-corrected chi connectivity index (χ0v) is 35.7. The molecule has 7 N–H and O–H groups in total. The van der Waals surface area contributed by atoms with Crippen LogP contribution in [-0.2, 0) is 37.4 Å². The number of aromatic nitrogens is 2. The molecule has 0 spiro atoms. The fraction of sp³-hybridized carbons (Fsp3) is 0.478. The second kappa shape index (κ2) is 18.2. The number of benzene rings is 2. The Balaban J connectivity index is 0.954. The number of piperazine rings is 1. The van der Waals surface area contributed by atoms with Crippen LogP contribution in [0.2, 0.25) is 0 Å². The lowest BCUT2D eigenvalue weighted by Gasteiger charge is -2.39. The largest absolute Gasteiger partial charge is 0.383 e. The molecule has 0 radical (unpaired) electrons. The summed E-state index contributed by atoms with van der Waals surface area (Å²) < 4.78 is 5.73. The van der Waals surface area contributed by atoms with Gasteiger partial charge in [0.2, 0.25) is 17.7 Å². The highest BCUT2D eigenvalue weighted by atomic mass is 16.5. The SMILES string of the molecule is CCc1cc2c(cc1N1CCN(C(=O)COCCCNC(=O)[C@@H](NC(=O)[C@@H](N)CCCc3cccnc3N)C(C)(C)C)CC1)C(C)(C)c1[nH]c3cc(C#N)ccc3c1C2=O. The minimum atomic E-state index is -0.790. The van der Waals surface area contributed by atoms with E-state index in [2.05, 4.69) is 58.4 Å². The quantitative estimate of drug-likeness (QED) is 0.106. The number of carbonyl (C=O) groups is 4. The number of rotatable bonds is 15. The third-order valence-corrected chi connectivity index (χ3v) is 11.9. The van der Waals surface area contributed by atoms with Gasteiger partial charge >= 0.3 is 0 Å². The van der Waals surface area contributed by atoms with Crippen LogP contribution in [0.3, 0.4) is 0 Å². The molecular weight excluding hydrogens is 759 g/mol. The molecule has 6 rings (SSSR count). The summed E-state index contributed by atoms with van der Waals surface area (Å²) in [6, 6.07) is 14.0. The Bertz CT molecular complexity index is 2300. The van der Waals surface area contributed by atoms with Crippen LogP contribution in [0.5, 0.6) is 0 Å². The summed E-state index contributed by atoms with van der Waals surface area (Å²) in [4.78, 5) is 65.1. The van der Waals surface area contributed by atoms with Gasteiger partial charge < -0.3 is 41.6 Å². The number of H-pyrrole nitrogens is 1. The average Bonchev–Trinajstić information content (AvgIpc) is 3.63. The van der Waals surface area contributed by atoms with Crippen LogP contribution in [0.4, 0.5) is 11.5 Å². The van der Waals surface area contributed by atoms with Gasteiger partial charge in [0, 0.05) is 78.8 Å². The second-order valence-electron chi connectivity index (χ2n) is 17.5. The molecule has 14 heteroatoms. The first kappa shape index (κ1) is 43.8. The van der Waals surface area contributed by atoms with Crippen molar-refractivity contribution in [3.63, 3.8) is 0 Å². The number of carbonyl (C=O) groups excluding carboxylic acids is 4. The Morgan fingerprint density at radius 3 is 2.48 bits per heavy atom. The van der Waals surface area contributed by atoms with Gasteiger partial charge in [-0.3, -0.25) is 19.2 Å². The average molecular weight is 818 g/mol. The highest BCUT2D eigenvalue weighted by Gasteiger charge is 2.41. The number of pyridine rings is 1. The van der Waals surface area contributed by atoms with E-state index in [-0.39, 0.29) is 36.7 Å². The van der Waals surface area contributed by atoms with E-state index in [4.69, 9.17) is 16.2 Å². The van der Waals surface area contributed by atoms with E-state index in [1.165, 1.54) is 0 Å². The predicted molar refractivity (Wildman–Crippen MR) is 233 cm³/mol.